The Bertz CT molecular complexity index is 1650. The maximum absolute atomic E-state index is 13.2. The Balaban J connectivity index is 1.73. The number of aromatic nitrogens is 5. The Labute approximate surface area is 188 Å². The van der Waals surface area contributed by atoms with Crippen LogP contribution in [-0.4, -0.2) is 37.5 Å². The minimum Gasteiger partial charge on any atom is -0.318 e. The second kappa shape index (κ2) is 7.67. The molecule has 0 bridgehead atoms. The van der Waals surface area contributed by atoms with E-state index in [0.717, 1.165) is 10.3 Å². The molecule has 11 nitrogen and oxygen atoms in total. The largest absolute Gasteiger partial charge is 0.332 e. The predicted molar refractivity (Wildman–Crippen MR) is 121 cm³/mol. The first kappa shape index (κ1) is 22.4. The molecule has 0 atom stereocenters. The molecule has 1 aromatic carbocycles. The smallest absolute Gasteiger partial charge is 0.318 e. The fourth-order valence-electron chi connectivity index (χ4n) is 3.98. The van der Waals surface area contributed by atoms with E-state index < -0.39 is 21.3 Å². The Morgan fingerprint density at radius 3 is 2.30 bits per heavy atom. The highest BCUT2D eigenvalue weighted by molar-refractivity contribution is 7.89. The van der Waals surface area contributed by atoms with E-state index in [2.05, 4.69) is 4.98 Å². The van der Waals surface area contributed by atoms with Gasteiger partial charge in [0, 0.05) is 36.7 Å². The number of carbonyl (C=O) groups excluding carboxylic acids is 1. The fourth-order valence-corrected chi connectivity index (χ4v) is 4.50. The molecule has 0 aliphatic rings. The number of benzene rings is 1. The molecule has 0 amide bonds. The molecule has 4 rings (SSSR count). The molecule has 0 aliphatic heterocycles. The lowest BCUT2D eigenvalue weighted by atomic mass is 10.1. The number of ketones is 1. The van der Waals surface area contributed by atoms with Gasteiger partial charge in [0.1, 0.15) is 0 Å². The second-order valence-corrected chi connectivity index (χ2v) is 9.39. The van der Waals surface area contributed by atoms with Crippen molar-refractivity contribution < 1.29 is 13.2 Å². The molecule has 2 N–H and O–H groups in total. The number of nitrogens with zero attached hydrogens (tertiary/aromatic N) is 5. The number of hydrogen-bond acceptors (Lipinski definition) is 6. The molecule has 12 heteroatoms. The second-order valence-electron chi connectivity index (χ2n) is 7.83. The molecular weight excluding hydrogens is 448 g/mol. The lowest BCUT2D eigenvalue weighted by Gasteiger charge is -2.11. The van der Waals surface area contributed by atoms with E-state index in [1.807, 2.05) is 11.5 Å². The SMILES string of the molecule is Cc1cc(C(=O)Cn2cnc3c2c(=O)n(C)c(=O)n3C)c(C)n1-c1ccc(S(N)(=O)=O)cc1. The molecule has 0 saturated heterocycles. The quantitative estimate of drug-likeness (QED) is 0.417. The molecule has 0 spiro atoms. The molecule has 0 saturated carbocycles. The van der Waals surface area contributed by atoms with Crippen LogP contribution in [0.15, 0.2) is 51.1 Å². The van der Waals surface area contributed by atoms with Crippen molar-refractivity contribution in [1.29, 1.82) is 0 Å². The maximum atomic E-state index is 13.2. The number of primary sulfonamides is 1. The third-order valence-corrected chi connectivity index (χ3v) is 6.62. The summed E-state index contributed by atoms with van der Waals surface area (Å²) < 4.78 is 28.5. The molecular formula is C21H22N6O5S. The van der Waals surface area contributed by atoms with E-state index in [0.29, 0.717) is 16.9 Å². The zero-order valence-electron chi connectivity index (χ0n) is 18.4. The summed E-state index contributed by atoms with van der Waals surface area (Å²) in [5.41, 5.74) is 1.90. The number of rotatable bonds is 5. The maximum Gasteiger partial charge on any atom is 0.332 e. The van der Waals surface area contributed by atoms with E-state index in [-0.39, 0.29) is 28.4 Å². The lowest BCUT2D eigenvalue weighted by Crippen LogP contribution is -2.37. The van der Waals surface area contributed by atoms with Crippen molar-refractivity contribution in [1.82, 2.24) is 23.3 Å². The van der Waals surface area contributed by atoms with Crippen LogP contribution in [0, 0.1) is 13.8 Å². The highest BCUT2D eigenvalue weighted by atomic mass is 32.2. The van der Waals surface area contributed by atoms with Crippen molar-refractivity contribution in [2.75, 3.05) is 0 Å². The van der Waals surface area contributed by atoms with Crippen molar-refractivity contribution in [3.63, 3.8) is 0 Å². The van der Waals surface area contributed by atoms with Crippen LogP contribution in [0.4, 0.5) is 0 Å². The van der Waals surface area contributed by atoms with Gasteiger partial charge in [0.2, 0.25) is 10.0 Å². The summed E-state index contributed by atoms with van der Waals surface area (Å²) in [7, 11) is -0.925. The Morgan fingerprint density at radius 1 is 1.06 bits per heavy atom. The summed E-state index contributed by atoms with van der Waals surface area (Å²) >= 11 is 0. The predicted octanol–water partition coefficient (Wildman–Crippen LogP) is 0.372. The van der Waals surface area contributed by atoms with Crippen molar-refractivity contribution in [2.45, 2.75) is 25.3 Å². The Hall–Kier alpha value is -3.77. The number of fused-ring (bicyclic) bond motifs is 1. The van der Waals surface area contributed by atoms with Crippen molar-refractivity contribution in [3.05, 3.63) is 74.4 Å². The van der Waals surface area contributed by atoms with Crippen molar-refractivity contribution in [2.24, 2.45) is 19.2 Å². The standard InChI is InChI=1S/C21H22N6O5S/c1-12-9-16(13(2)27(12)14-5-7-15(8-6-14)33(22,31)32)17(28)10-26-11-23-19-18(26)20(29)25(4)21(30)24(19)3/h5-9,11H,10H2,1-4H3,(H2,22,31,32). The number of nitrogens with two attached hydrogens (primary N) is 1. The van der Waals surface area contributed by atoms with Gasteiger partial charge in [-0.25, -0.2) is 23.3 Å². The molecule has 33 heavy (non-hydrogen) atoms. The highest BCUT2D eigenvalue weighted by Crippen LogP contribution is 2.23. The van der Waals surface area contributed by atoms with Crippen molar-refractivity contribution in [3.8, 4) is 5.69 Å². The van der Waals surface area contributed by atoms with Gasteiger partial charge in [-0.1, -0.05) is 0 Å². The first-order chi connectivity index (χ1) is 15.4. The summed E-state index contributed by atoms with van der Waals surface area (Å²) in [6.45, 7) is 3.47. The average Bonchev–Trinajstić information content (AvgIpc) is 3.30. The van der Waals surface area contributed by atoms with Crippen LogP contribution in [0.1, 0.15) is 21.7 Å². The van der Waals surface area contributed by atoms with Gasteiger partial charge in [0.25, 0.3) is 5.56 Å². The first-order valence-electron chi connectivity index (χ1n) is 9.88. The van der Waals surface area contributed by atoms with Crippen LogP contribution in [0.5, 0.6) is 0 Å². The summed E-state index contributed by atoms with van der Waals surface area (Å²) in [6, 6.07) is 7.77. The van der Waals surface area contributed by atoms with Crippen molar-refractivity contribution >= 4 is 27.0 Å². The molecule has 3 heterocycles. The van der Waals surface area contributed by atoms with E-state index in [1.165, 1.54) is 41.7 Å². The van der Waals surface area contributed by atoms with Gasteiger partial charge < -0.3 is 9.13 Å². The Morgan fingerprint density at radius 2 is 1.70 bits per heavy atom. The van der Waals surface area contributed by atoms with Crippen LogP contribution < -0.4 is 16.4 Å². The number of imidazole rings is 1. The molecule has 4 aromatic rings. The Kier molecular flexibility index (Phi) is 5.21. The summed E-state index contributed by atoms with van der Waals surface area (Å²) in [5, 5.41) is 5.16. The molecule has 0 aliphatic carbocycles. The highest BCUT2D eigenvalue weighted by Gasteiger charge is 2.20. The van der Waals surface area contributed by atoms with Gasteiger partial charge in [-0.2, -0.15) is 0 Å². The monoisotopic (exact) mass is 470 g/mol. The number of Topliss-reactive ketones (excluding diaryl/α,β-unsaturated/α-hetero) is 1. The van der Waals surface area contributed by atoms with Gasteiger partial charge in [-0.3, -0.25) is 18.7 Å². The molecule has 0 radical (unpaired) electrons. The topological polar surface area (TPSA) is 144 Å². The minimum absolute atomic E-state index is 0.00650. The van der Waals surface area contributed by atoms with Crippen LogP contribution in [-0.2, 0) is 30.7 Å². The number of sulfonamides is 1. The van der Waals surface area contributed by atoms with Crippen LogP contribution >= 0.6 is 0 Å². The summed E-state index contributed by atoms with van der Waals surface area (Å²) in [6.07, 6.45) is 1.37. The van der Waals surface area contributed by atoms with E-state index in [4.69, 9.17) is 5.14 Å². The van der Waals surface area contributed by atoms with E-state index >= 15 is 0 Å². The minimum atomic E-state index is -3.81. The van der Waals surface area contributed by atoms with Gasteiger partial charge in [0.15, 0.2) is 16.9 Å². The number of aryl methyl sites for hydroxylation is 2. The summed E-state index contributed by atoms with van der Waals surface area (Å²) in [4.78, 5) is 42.1. The fraction of sp³-hybridized carbons (Fsp3) is 0.238. The molecule has 3 aromatic heterocycles. The van der Waals surface area contributed by atoms with E-state index in [1.54, 1.807) is 25.1 Å². The number of hydrogen-bond donors (Lipinski definition) is 1. The van der Waals surface area contributed by atoms with Gasteiger partial charge in [-0.15, -0.1) is 0 Å². The third-order valence-electron chi connectivity index (χ3n) is 5.69. The van der Waals surface area contributed by atoms with Crippen LogP contribution in [0.2, 0.25) is 0 Å². The van der Waals surface area contributed by atoms with Gasteiger partial charge in [0.05, 0.1) is 17.8 Å². The molecule has 172 valence electrons. The zero-order valence-corrected chi connectivity index (χ0v) is 19.3. The summed E-state index contributed by atoms with van der Waals surface area (Å²) in [5.74, 6) is -0.245. The zero-order chi connectivity index (χ0) is 24.2. The van der Waals surface area contributed by atoms with Crippen LogP contribution in [0.25, 0.3) is 16.9 Å². The number of carbonyl (C=O) groups is 1. The normalized spacial score (nSPS) is 11.9. The molecule has 0 fully saturated rings. The first-order valence-corrected chi connectivity index (χ1v) is 11.4. The third kappa shape index (κ3) is 3.62. The van der Waals surface area contributed by atoms with Crippen LogP contribution in [0.3, 0.4) is 0 Å². The van der Waals surface area contributed by atoms with Gasteiger partial charge in [-0.05, 0) is 44.2 Å². The average molecular weight is 471 g/mol. The lowest BCUT2D eigenvalue weighted by molar-refractivity contribution is 0.0972. The molecule has 0 unspecified atom stereocenters. The van der Waals surface area contributed by atoms with Gasteiger partial charge >= 0.3 is 5.69 Å². The van der Waals surface area contributed by atoms with E-state index in [9.17, 15) is 22.8 Å².